The third-order valence-corrected chi connectivity index (χ3v) is 3.79. The number of halogens is 2. The summed E-state index contributed by atoms with van der Waals surface area (Å²) in [7, 11) is 0. The average Bonchev–Trinajstić information content (AvgIpc) is 2.94. The second-order valence-electron chi connectivity index (χ2n) is 5.32. The third-order valence-electron chi connectivity index (χ3n) is 3.79. The molecule has 2 aliphatic rings. The molecule has 102 valence electrons. The Morgan fingerprint density at radius 1 is 1.32 bits per heavy atom. The van der Waals surface area contributed by atoms with Gasteiger partial charge in [-0.3, -0.25) is 10.1 Å². The molecule has 1 fully saturated rings. The van der Waals surface area contributed by atoms with Gasteiger partial charge in [0.2, 0.25) is 5.91 Å². The highest BCUT2D eigenvalue weighted by Gasteiger charge is 2.42. The number of nitrogens with one attached hydrogen (secondary N) is 2. The molecule has 0 saturated carbocycles. The molecule has 1 unspecified atom stereocenters. The number of carbonyl (C=O) groups is 1. The zero-order valence-electron chi connectivity index (χ0n) is 10.5. The summed E-state index contributed by atoms with van der Waals surface area (Å²) in [5.74, 6) is -3.16. The zero-order valence-corrected chi connectivity index (χ0v) is 10.5. The second kappa shape index (κ2) is 4.56. The van der Waals surface area contributed by atoms with Gasteiger partial charge in [0.1, 0.15) is 0 Å². The fraction of sp³-hybridized carbons (Fsp3) is 0.500. The van der Waals surface area contributed by atoms with Crippen LogP contribution in [0.15, 0.2) is 18.2 Å². The number of fused-ring (bicyclic) bond motifs is 1. The molecule has 1 aliphatic heterocycles. The predicted octanol–water partition coefficient (Wildman–Crippen LogP) is 2.11. The number of aryl methyl sites for hydroxylation is 2. The summed E-state index contributed by atoms with van der Waals surface area (Å²) in [5.41, 5.74) is 3.27. The van der Waals surface area contributed by atoms with E-state index in [1.165, 1.54) is 11.1 Å². The SMILES string of the molecule is O=C(Nc1ccc2c(c1)CCC2)C1CC(F)(F)CN1. The van der Waals surface area contributed by atoms with Crippen LogP contribution < -0.4 is 10.6 Å². The van der Waals surface area contributed by atoms with Crippen LogP contribution in [0.3, 0.4) is 0 Å². The van der Waals surface area contributed by atoms with E-state index in [2.05, 4.69) is 10.6 Å². The molecule has 1 saturated heterocycles. The normalized spacial score (nSPS) is 24.2. The molecule has 19 heavy (non-hydrogen) atoms. The topological polar surface area (TPSA) is 41.1 Å². The van der Waals surface area contributed by atoms with E-state index in [0.717, 1.165) is 19.3 Å². The molecule has 1 aromatic rings. The molecule has 1 aromatic carbocycles. The summed E-state index contributed by atoms with van der Waals surface area (Å²) < 4.78 is 26.1. The van der Waals surface area contributed by atoms with E-state index in [1.807, 2.05) is 18.2 Å². The maximum Gasteiger partial charge on any atom is 0.262 e. The first kappa shape index (κ1) is 12.5. The van der Waals surface area contributed by atoms with Crippen LogP contribution >= 0.6 is 0 Å². The van der Waals surface area contributed by atoms with Crippen LogP contribution in [0, 0.1) is 0 Å². The van der Waals surface area contributed by atoms with Crippen molar-refractivity contribution in [3.63, 3.8) is 0 Å². The molecule has 1 heterocycles. The van der Waals surface area contributed by atoms with Crippen LogP contribution in [0.25, 0.3) is 0 Å². The highest BCUT2D eigenvalue weighted by molar-refractivity contribution is 5.95. The number of amides is 1. The van der Waals surface area contributed by atoms with Crippen molar-refractivity contribution in [1.29, 1.82) is 0 Å². The van der Waals surface area contributed by atoms with E-state index in [9.17, 15) is 13.6 Å². The number of benzene rings is 1. The minimum atomic E-state index is -2.78. The summed E-state index contributed by atoms with van der Waals surface area (Å²) in [6.07, 6.45) is 2.83. The van der Waals surface area contributed by atoms with Gasteiger partial charge in [-0.25, -0.2) is 8.78 Å². The van der Waals surface area contributed by atoms with Crippen molar-refractivity contribution < 1.29 is 13.6 Å². The predicted molar refractivity (Wildman–Crippen MR) is 68.5 cm³/mol. The largest absolute Gasteiger partial charge is 0.325 e. The molecule has 1 atom stereocenters. The smallest absolute Gasteiger partial charge is 0.262 e. The van der Waals surface area contributed by atoms with E-state index >= 15 is 0 Å². The molecule has 1 amide bonds. The maximum absolute atomic E-state index is 13.0. The second-order valence-corrected chi connectivity index (χ2v) is 5.32. The van der Waals surface area contributed by atoms with Gasteiger partial charge < -0.3 is 5.32 Å². The zero-order chi connectivity index (χ0) is 13.5. The lowest BCUT2D eigenvalue weighted by molar-refractivity contribution is -0.118. The quantitative estimate of drug-likeness (QED) is 0.860. The van der Waals surface area contributed by atoms with E-state index in [0.29, 0.717) is 5.69 Å². The van der Waals surface area contributed by atoms with Gasteiger partial charge in [-0.1, -0.05) is 6.07 Å². The number of alkyl halides is 2. The molecular weight excluding hydrogens is 250 g/mol. The molecule has 0 spiro atoms. The van der Waals surface area contributed by atoms with Crippen LogP contribution in [0.2, 0.25) is 0 Å². The first-order chi connectivity index (χ1) is 9.03. The Bertz CT molecular complexity index is 516. The fourth-order valence-electron chi connectivity index (χ4n) is 2.78. The first-order valence-electron chi connectivity index (χ1n) is 6.57. The lowest BCUT2D eigenvalue weighted by atomic mass is 10.1. The van der Waals surface area contributed by atoms with Gasteiger partial charge >= 0.3 is 0 Å². The molecule has 3 rings (SSSR count). The van der Waals surface area contributed by atoms with Gasteiger partial charge in [0.15, 0.2) is 0 Å². The van der Waals surface area contributed by atoms with Crippen molar-refractivity contribution in [2.24, 2.45) is 0 Å². The molecule has 0 aromatic heterocycles. The van der Waals surface area contributed by atoms with Crippen LogP contribution in [-0.4, -0.2) is 24.4 Å². The Morgan fingerprint density at radius 2 is 2.11 bits per heavy atom. The van der Waals surface area contributed by atoms with Crippen molar-refractivity contribution in [2.45, 2.75) is 37.6 Å². The molecule has 2 N–H and O–H groups in total. The van der Waals surface area contributed by atoms with E-state index in [1.54, 1.807) is 0 Å². The third kappa shape index (κ3) is 2.61. The number of anilines is 1. The lowest BCUT2D eigenvalue weighted by Gasteiger charge is -2.12. The Balaban J connectivity index is 1.67. The van der Waals surface area contributed by atoms with Crippen molar-refractivity contribution in [2.75, 3.05) is 11.9 Å². The summed E-state index contributed by atoms with van der Waals surface area (Å²) in [6.45, 7) is -0.421. The van der Waals surface area contributed by atoms with Crippen molar-refractivity contribution >= 4 is 11.6 Å². The minimum absolute atomic E-state index is 0.380. The van der Waals surface area contributed by atoms with Crippen molar-refractivity contribution in [3.05, 3.63) is 29.3 Å². The Kier molecular flexibility index (Phi) is 3.01. The molecule has 3 nitrogen and oxygen atoms in total. The summed E-state index contributed by atoms with van der Waals surface area (Å²) in [4.78, 5) is 11.9. The maximum atomic E-state index is 13.0. The highest BCUT2D eigenvalue weighted by Crippen LogP contribution is 2.27. The Hall–Kier alpha value is -1.49. The van der Waals surface area contributed by atoms with Gasteiger partial charge in [0, 0.05) is 12.1 Å². The lowest BCUT2D eigenvalue weighted by Crippen LogP contribution is -2.35. The fourth-order valence-corrected chi connectivity index (χ4v) is 2.78. The summed E-state index contributed by atoms with van der Waals surface area (Å²) in [5, 5.41) is 5.27. The molecule has 0 radical (unpaired) electrons. The van der Waals surface area contributed by atoms with Gasteiger partial charge in [-0.15, -0.1) is 0 Å². The number of hydrogen-bond donors (Lipinski definition) is 2. The van der Waals surface area contributed by atoms with E-state index in [-0.39, 0.29) is 5.91 Å². The van der Waals surface area contributed by atoms with Gasteiger partial charge in [0.25, 0.3) is 5.92 Å². The Morgan fingerprint density at radius 3 is 2.84 bits per heavy atom. The summed E-state index contributed by atoms with van der Waals surface area (Å²) in [6, 6.07) is 5.00. The number of hydrogen-bond acceptors (Lipinski definition) is 2. The molecule has 1 aliphatic carbocycles. The number of rotatable bonds is 2. The van der Waals surface area contributed by atoms with Gasteiger partial charge in [-0.05, 0) is 42.5 Å². The Labute approximate surface area is 110 Å². The van der Waals surface area contributed by atoms with Gasteiger partial charge in [0.05, 0.1) is 12.6 Å². The molecule has 5 heteroatoms. The standard InChI is InChI=1S/C14H16F2N2O/c15-14(16)7-12(17-8-14)13(19)18-11-5-4-9-2-1-3-10(9)6-11/h4-6,12,17H,1-3,7-8H2,(H,18,19). The van der Waals surface area contributed by atoms with Crippen molar-refractivity contribution in [1.82, 2.24) is 5.32 Å². The summed E-state index contributed by atoms with van der Waals surface area (Å²) >= 11 is 0. The molecular formula is C14H16F2N2O. The highest BCUT2D eigenvalue weighted by atomic mass is 19.3. The van der Waals surface area contributed by atoms with E-state index < -0.39 is 24.9 Å². The van der Waals surface area contributed by atoms with Crippen molar-refractivity contribution in [3.8, 4) is 0 Å². The van der Waals surface area contributed by atoms with Crippen LogP contribution in [0.1, 0.15) is 24.0 Å². The average molecular weight is 266 g/mol. The minimum Gasteiger partial charge on any atom is -0.325 e. The van der Waals surface area contributed by atoms with Gasteiger partial charge in [-0.2, -0.15) is 0 Å². The monoisotopic (exact) mass is 266 g/mol. The van der Waals surface area contributed by atoms with Crippen LogP contribution in [0.5, 0.6) is 0 Å². The first-order valence-corrected chi connectivity index (χ1v) is 6.57. The van der Waals surface area contributed by atoms with Crippen LogP contribution in [-0.2, 0) is 17.6 Å². The molecule has 0 bridgehead atoms. The number of carbonyl (C=O) groups excluding carboxylic acids is 1. The van der Waals surface area contributed by atoms with E-state index in [4.69, 9.17) is 0 Å². The van der Waals surface area contributed by atoms with Crippen LogP contribution in [0.4, 0.5) is 14.5 Å².